The number of rotatable bonds is 11. The second kappa shape index (κ2) is 11.7. The molecule has 10 nitrogen and oxygen atoms in total. The minimum atomic E-state index is -3.46. The number of carbonyl (C=O) groups excluding carboxylic acids is 1. The van der Waals surface area contributed by atoms with Crippen LogP contribution < -0.4 is 10.1 Å². The van der Waals surface area contributed by atoms with E-state index in [1.165, 1.54) is 38.7 Å². The lowest BCUT2D eigenvalue weighted by molar-refractivity contribution is -0.110. The van der Waals surface area contributed by atoms with Crippen molar-refractivity contribution < 1.29 is 27.5 Å². The van der Waals surface area contributed by atoms with Crippen molar-refractivity contribution in [2.45, 2.75) is 43.1 Å². The fourth-order valence-electron chi connectivity index (χ4n) is 3.34. The van der Waals surface area contributed by atoms with Crippen LogP contribution in [0.1, 0.15) is 37.7 Å². The van der Waals surface area contributed by atoms with E-state index in [1.807, 2.05) is 0 Å². The molecule has 1 heterocycles. The number of hydrogen-bond donors (Lipinski definition) is 1. The predicted molar refractivity (Wildman–Crippen MR) is 122 cm³/mol. The van der Waals surface area contributed by atoms with Crippen LogP contribution in [0.15, 0.2) is 46.7 Å². The van der Waals surface area contributed by atoms with E-state index in [2.05, 4.69) is 20.4 Å². The Morgan fingerprint density at radius 1 is 1.12 bits per heavy atom. The molecule has 0 unspecified atom stereocenters. The van der Waals surface area contributed by atoms with Gasteiger partial charge in [0.25, 0.3) is 5.91 Å². The molecule has 3 rings (SSSR count). The predicted octanol–water partition coefficient (Wildman–Crippen LogP) is 2.60. The highest BCUT2D eigenvalue weighted by Gasteiger charge is 2.21. The smallest absolute Gasteiger partial charge is 0.279 e. The lowest BCUT2D eigenvalue weighted by Crippen LogP contribution is -2.25. The van der Waals surface area contributed by atoms with Crippen LogP contribution in [-0.4, -0.2) is 62.7 Å². The highest BCUT2D eigenvalue weighted by Crippen LogP contribution is 2.22. The Balaban J connectivity index is 1.80. The molecule has 1 aliphatic carbocycles. The number of oxime groups is 1. The molecule has 0 bridgehead atoms. The minimum absolute atomic E-state index is 0.0165. The van der Waals surface area contributed by atoms with Gasteiger partial charge in [-0.3, -0.25) is 4.79 Å². The molecule has 1 N–H and O–H groups in total. The lowest BCUT2D eigenvalue weighted by atomic mass is 10.1. The van der Waals surface area contributed by atoms with Crippen LogP contribution in [0.3, 0.4) is 0 Å². The Labute approximate surface area is 193 Å². The molecule has 1 aliphatic rings. The van der Waals surface area contributed by atoms with Gasteiger partial charge in [-0.15, -0.1) is 0 Å². The van der Waals surface area contributed by atoms with E-state index < -0.39 is 15.7 Å². The first kappa shape index (κ1) is 24.6. The Bertz CT molecular complexity index is 1050. The highest BCUT2D eigenvalue weighted by molar-refractivity contribution is 7.91. The average molecular weight is 477 g/mol. The summed E-state index contributed by atoms with van der Waals surface area (Å²) in [4.78, 5) is 26.9. The maximum atomic E-state index is 13.0. The van der Waals surface area contributed by atoms with E-state index in [0.29, 0.717) is 24.5 Å². The molecule has 1 fully saturated rings. The number of benzene rings is 1. The van der Waals surface area contributed by atoms with Crippen LogP contribution in [0.4, 0.5) is 5.82 Å². The number of hydrogen-bond acceptors (Lipinski definition) is 9. The molecule has 1 aromatic carbocycles. The zero-order valence-electron chi connectivity index (χ0n) is 18.7. The van der Waals surface area contributed by atoms with Crippen LogP contribution in [0.2, 0.25) is 0 Å². The fraction of sp³-hybridized carbons (Fsp3) is 0.455. The van der Waals surface area contributed by atoms with Crippen LogP contribution in [-0.2, 0) is 24.2 Å². The second-order valence-electron chi connectivity index (χ2n) is 7.54. The van der Waals surface area contributed by atoms with Crippen LogP contribution >= 0.6 is 0 Å². The molecule has 1 saturated carbocycles. The number of ether oxygens (including phenoxy) is 2. The van der Waals surface area contributed by atoms with Crippen LogP contribution in [0.25, 0.3) is 0 Å². The summed E-state index contributed by atoms with van der Waals surface area (Å²) in [6, 6.07) is 6.00. The quantitative estimate of drug-likeness (QED) is 0.298. The van der Waals surface area contributed by atoms with E-state index >= 15 is 0 Å². The van der Waals surface area contributed by atoms with Crippen LogP contribution in [0, 0.1) is 0 Å². The first-order valence-electron chi connectivity index (χ1n) is 10.7. The number of methoxy groups -OCH3 is 2. The third-order valence-corrected chi connectivity index (χ3v) is 6.95. The average Bonchev–Trinajstić information content (AvgIpc) is 3.34. The van der Waals surface area contributed by atoms with E-state index in [0.717, 1.165) is 25.7 Å². The molecule has 0 saturated heterocycles. The van der Waals surface area contributed by atoms with E-state index in [1.54, 1.807) is 12.1 Å². The number of anilines is 1. The Hall–Kier alpha value is -3.05. The standard InChI is InChI=1S/C22H28N4O6S/c1-30-12-5-13-33(28,29)18-10-8-16(9-11-18)21(26-32-17-6-3-4-7-17)22(27)25-19-14-24-20(31-2)15-23-19/h8-11,14-15,17H,3-7,12-13H2,1-2H3,(H,23,25,27). The van der Waals surface area contributed by atoms with Gasteiger partial charge in [0.05, 0.1) is 30.2 Å². The summed E-state index contributed by atoms with van der Waals surface area (Å²) in [6.45, 7) is 0.362. The minimum Gasteiger partial charge on any atom is -0.480 e. The van der Waals surface area contributed by atoms with Gasteiger partial charge in [0.1, 0.15) is 6.10 Å². The highest BCUT2D eigenvalue weighted by atomic mass is 32.2. The van der Waals surface area contributed by atoms with Crippen molar-refractivity contribution in [2.24, 2.45) is 5.16 Å². The summed E-state index contributed by atoms with van der Waals surface area (Å²) >= 11 is 0. The Kier molecular flexibility index (Phi) is 8.72. The molecule has 0 atom stereocenters. The summed E-state index contributed by atoms with van der Waals surface area (Å²) in [7, 11) is -0.464. The van der Waals surface area contributed by atoms with Gasteiger partial charge in [0.15, 0.2) is 21.4 Å². The van der Waals surface area contributed by atoms with Gasteiger partial charge in [-0.1, -0.05) is 17.3 Å². The normalized spacial score (nSPS) is 14.8. The largest absolute Gasteiger partial charge is 0.480 e. The van der Waals surface area contributed by atoms with Crippen LogP contribution in [0.5, 0.6) is 5.88 Å². The van der Waals surface area contributed by atoms with Crippen molar-refractivity contribution in [1.82, 2.24) is 9.97 Å². The van der Waals surface area contributed by atoms with Crippen molar-refractivity contribution in [1.29, 1.82) is 0 Å². The van der Waals surface area contributed by atoms with Crippen molar-refractivity contribution in [2.75, 3.05) is 31.9 Å². The summed E-state index contributed by atoms with van der Waals surface area (Å²) in [5.41, 5.74) is 0.436. The third-order valence-electron chi connectivity index (χ3n) is 5.14. The second-order valence-corrected chi connectivity index (χ2v) is 9.65. The van der Waals surface area contributed by atoms with Gasteiger partial charge >= 0.3 is 0 Å². The first-order valence-corrected chi connectivity index (χ1v) is 12.3. The maximum absolute atomic E-state index is 13.0. The molecular formula is C22H28N4O6S. The van der Waals surface area contributed by atoms with E-state index in [4.69, 9.17) is 14.3 Å². The molecule has 178 valence electrons. The number of nitrogens with zero attached hydrogens (tertiary/aromatic N) is 3. The Morgan fingerprint density at radius 2 is 1.85 bits per heavy atom. The number of carbonyl (C=O) groups is 1. The molecule has 0 aliphatic heterocycles. The van der Waals surface area contributed by atoms with Gasteiger partial charge in [0, 0.05) is 19.3 Å². The number of nitrogens with one attached hydrogen (secondary N) is 1. The van der Waals surface area contributed by atoms with Crippen molar-refractivity contribution in [3.63, 3.8) is 0 Å². The monoisotopic (exact) mass is 476 g/mol. The van der Waals surface area contributed by atoms with Crippen molar-refractivity contribution in [3.05, 3.63) is 42.2 Å². The van der Waals surface area contributed by atoms with Gasteiger partial charge in [-0.05, 0) is 44.2 Å². The zero-order valence-corrected chi connectivity index (χ0v) is 19.5. The number of aromatic nitrogens is 2. The van der Waals surface area contributed by atoms with E-state index in [-0.39, 0.29) is 28.3 Å². The van der Waals surface area contributed by atoms with Gasteiger partial charge in [-0.25, -0.2) is 18.4 Å². The molecule has 0 radical (unpaired) electrons. The fourth-order valence-corrected chi connectivity index (χ4v) is 4.62. The van der Waals surface area contributed by atoms with E-state index in [9.17, 15) is 13.2 Å². The molecule has 1 amide bonds. The summed E-state index contributed by atoms with van der Waals surface area (Å²) in [5, 5.41) is 6.76. The van der Waals surface area contributed by atoms with Gasteiger partial charge < -0.3 is 19.6 Å². The first-order chi connectivity index (χ1) is 15.9. The van der Waals surface area contributed by atoms with Crippen molar-refractivity contribution >= 4 is 27.3 Å². The summed E-state index contributed by atoms with van der Waals surface area (Å²) in [6.07, 6.45) is 6.95. The lowest BCUT2D eigenvalue weighted by Gasteiger charge is -2.11. The maximum Gasteiger partial charge on any atom is 0.279 e. The number of sulfone groups is 1. The van der Waals surface area contributed by atoms with Gasteiger partial charge in [-0.2, -0.15) is 0 Å². The molecule has 11 heteroatoms. The molecule has 33 heavy (non-hydrogen) atoms. The number of amides is 1. The topological polar surface area (TPSA) is 129 Å². The zero-order chi connectivity index (χ0) is 23.7. The molecular weight excluding hydrogens is 448 g/mol. The molecule has 0 spiro atoms. The summed E-state index contributed by atoms with van der Waals surface area (Å²) < 4.78 is 34.9. The Morgan fingerprint density at radius 3 is 2.45 bits per heavy atom. The van der Waals surface area contributed by atoms with Gasteiger partial charge in [0.2, 0.25) is 5.88 Å². The van der Waals surface area contributed by atoms with Crippen molar-refractivity contribution in [3.8, 4) is 5.88 Å². The summed E-state index contributed by atoms with van der Waals surface area (Å²) in [5.74, 6) is -0.0497. The SMILES string of the molecule is COCCCS(=O)(=O)c1ccc(C(=NOC2CCCC2)C(=O)Nc2cnc(OC)cn2)cc1. The third kappa shape index (κ3) is 6.96. The molecule has 2 aromatic rings. The molecule has 1 aromatic heterocycles.